The minimum absolute atomic E-state index is 0.0608. The molecule has 0 atom stereocenters. The highest BCUT2D eigenvalue weighted by atomic mass is 16.5. The molecule has 106 valence electrons. The quantitative estimate of drug-likeness (QED) is 0.921. The number of nitrogens with zero attached hydrogens (tertiary/aromatic N) is 2. The van der Waals surface area contributed by atoms with Crippen molar-refractivity contribution in [3.63, 3.8) is 0 Å². The third-order valence-electron chi connectivity index (χ3n) is 3.74. The van der Waals surface area contributed by atoms with Gasteiger partial charge in [-0.3, -0.25) is 4.79 Å². The molecule has 0 bridgehead atoms. The van der Waals surface area contributed by atoms with E-state index in [2.05, 4.69) is 10.3 Å². The number of imidazole rings is 1. The molecular weight excluding hydrogens is 254 g/mol. The fourth-order valence-corrected chi connectivity index (χ4v) is 2.65. The molecule has 0 saturated carbocycles. The number of carbonyl (C=O) groups excluding carboxylic acids is 1. The maximum atomic E-state index is 12.2. The first-order chi connectivity index (χ1) is 9.74. The van der Waals surface area contributed by atoms with E-state index in [-0.39, 0.29) is 11.9 Å². The lowest BCUT2D eigenvalue weighted by atomic mass is 10.1. The molecule has 0 spiro atoms. The van der Waals surface area contributed by atoms with Crippen molar-refractivity contribution in [1.82, 2.24) is 14.7 Å². The number of pyridine rings is 1. The van der Waals surface area contributed by atoms with E-state index in [0.29, 0.717) is 6.42 Å². The number of fused-ring (bicyclic) bond motifs is 1. The van der Waals surface area contributed by atoms with Gasteiger partial charge >= 0.3 is 0 Å². The normalized spacial score (nSPS) is 16.4. The maximum absolute atomic E-state index is 12.2. The Morgan fingerprint density at radius 3 is 3.05 bits per heavy atom. The van der Waals surface area contributed by atoms with E-state index < -0.39 is 0 Å². The molecular formula is C15H19N3O2. The second kappa shape index (κ2) is 5.63. The fourth-order valence-electron chi connectivity index (χ4n) is 2.65. The van der Waals surface area contributed by atoms with Crippen LogP contribution in [0.5, 0.6) is 0 Å². The Kier molecular flexibility index (Phi) is 3.69. The molecule has 0 aromatic carbocycles. The summed E-state index contributed by atoms with van der Waals surface area (Å²) >= 11 is 0. The van der Waals surface area contributed by atoms with E-state index in [1.807, 2.05) is 35.7 Å². The van der Waals surface area contributed by atoms with Crippen LogP contribution >= 0.6 is 0 Å². The SMILES string of the molecule is Cc1nc2ccccn2c1CC(=O)NC1CCOCC1. The van der Waals surface area contributed by atoms with Crippen LogP contribution in [0.4, 0.5) is 0 Å². The molecule has 1 fully saturated rings. The Labute approximate surface area is 118 Å². The zero-order valence-corrected chi connectivity index (χ0v) is 11.6. The monoisotopic (exact) mass is 273 g/mol. The molecule has 0 radical (unpaired) electrons. The number of amides is 1. The van der Waals surface area contributed by atoms with E-state index in [1.165, 1.54) is 0 Å². The summed E-state index contributed by atoms with van der Waals surface area (Å²) in [6.07, 6.45) is 4.12. The van der Waals surface area contributed by atoms with Gasteiger partial charge in [0.1, 0.15) is 5.65 Å². The third-order valence-corrected chi connectivity index (χ3v) is 3.74. The molecule has 2 aromatic heterocycles. The molecule has 1 aliphatic rings. The molecule has 1 saturated heterocycles. The van der Waals surface area contributed by atoms with Gasteiger partial charge in [-0.2, -0.15) is 0 Å². The second-order valence-corrected chi connectivity index (χ2v) is 5.20. The summed E-state index contributed by atoms with van der Waals surface area (Å²) in [5.74, 6) is 0.0608. The first-order valence-corrected chi connectivity index (χ1v) is 7.04. The van der Waals surface area contributed by atoms with Gasteiger partial charge in [-0.25, -0.2) is 4.98 Å². The number of aromatic nitrogens is 2. The van der Waals surface area contributed by atoms with Crippen LogP contribution in [-0.4, -0.2) is 34.5 Å². The molecule has 1 amide bonds. The highest BCUT2D eigenvalue weighted by Gasteiger charge is 2.18. The first kappa shape index (κ1) is 13.1. The van der Waals surface area contributed by atoms with Crippen molar-refractivity contribution < 1.29 is 9.53 Å². The summed E-state index contributed by atoms with van der Waals surface area (Å²) < 4.78 is 7.28. The molecule has 2 aromatic rings. The Bertz CT molecular complexity index is 615. The third kappa shape index (κ3) is 2.67. The minimum atomic E-state index is 0.0608. The largest absolute Gasteiger partial charge is 0.381 e. The Balaban J connectivity index is 1.72. The Morgan fingerprint density at radius 1 is 1.45 bits per heavy atom. The first-order valence-electron chi connectivity index (χ1n) is 7.04. The molecule has 5 heteroatoms. The maximum Gasteiger partial charge on any atom is 0.226 e. The predicted molar refractivity (Wildman–Crippen MR) is 75.6 cm³/mol. The van der Waals surface area contributed by atoms with Crippen molar-refractivity contribution in [3.05, 3.63) is 35.8 Å². The number of nitrogens with one attached hydrogen (secondary N) is 1. The summed E-state index contributed by atoms with van der Waals surface area (Å²) in [4.78, 5) is 16.7. The molecule has 20 heavy (non-hydrogen) atoms. The summed E-state index contributed by atoms with van der Waals surface area (Å²) in [5, 5.41) is 3.09. The van der Waals surface area contributed by atoms with Gasteiger partial charge in [0.25, 0.3) is 0 Å². The highest BCUT2D eigenvalue weighted by Crippen LogP contribution is 2.13. The van der Waals surface area contributed by atoms with Crippen LogP contribution in [-0.2, 0) is 16.0 Å². The van der Waals surface area contributed by atoms with Gasteiger partial charge in [0.15, 0.2) is 0 Å². The van der Waals surface area contributed by atoms with E-state index in [4.69, 9.17) is 4.74 Å². The lowest BCUT2D eigenvalue weighted by Gasteiger charge is -2.23. The van der Waals surface area contributed by atoms with E-state index >= 15 is 0 Å². The highest BCUT2D eigenvalue weighted by molar-refractivity contribution is 5.79. The van der Waals surface area contributed by atoms with Crippen molar-refractivity contribution in [2.45, 2.75) is 32.2 Å². The minimum Gasteiger partial charge on any atom is -0.381 e. The van der Waals surface area contributed by atoms with Gasteiger partial charge in [0, 0.05) is 25.5 Å². The van der Waals surface area contributed by atoms with Crippen molar-refractivity contribution >= 4 is 11.6 Å². The van der Waals surface area contributed by atoms with E-state index in [1.54, 1.807) is 0 Å². The van der Waals surface area contributed by atoms with Gasteiger partial charge in [-0.15, -0.1) is 0 Å². The van der Waals surface area contributed by atoms with Crippen LogP contribution in [0.1, 0.15) is 24.2 Å². The number of ether oxygens (including phenoxy) is 1. The van der Waals surface area contributed by atoms with Crippen LogP contribution in [0.3, 0.4) is 0 Å². The van der Waals surface area contributed by atoms with Crippen LogP contribution < -0.4 is 5.32 Å². The van der Waals surface area contributed by atoms with Gasteiger partial charge in [-0.05, 0) is 31.9 Å². The molecule has 3 heterocycles. The smallest absolute Gasteiger partial charge is 0.226 e. The van der Waals surface area contributed by atoms with E-state index in [9.17, 15) is 4.79 Å². The average molecular weight is 273 g/mol. The molecule has 5 nitrogen and oxygen atoms in total. The van der Waals surface area contributed by atoms with Crippen LogP contribution in [0, 0.1) is 6.92 Å². The second-order valence-electron chi connectivity index (χ2n) is 5.20. The Morgan fingerprint density at radius 2 is 2.25 bits per heavy atom. The van der Waals surface area contributed by atoms with Gasteiger partial charge in [-0.1, -0.05) is 6.07 Å². The standard InChI is InChI=1S/C15H19N3O2/c1-11-13(18-7-3-2-4-14(18)16-11)10-15(19)17-12-5-8-20-9-6-12/h2-4,7,12H,5-6,8-10H2,1H3,(H,17,19). The number of carbonyl (C=O) groups is 1. The molecule has 3 rings (SSSR count). The molecule has 1 aliphatic heterocycles. The van der Waals surface area contributed by atoms with Crippen LogP contribution in [0.2, 0.25) is 0 Å². The molecule has 0 unspecified atom stereocenters. The topological polar surface area (TPSA) is 55.6 Å². The lowest BCUT2D eigenvalue weighted by molar-refractivity contribution is -0.121. The van der Waals surface area contributed by atoms with Crippen LogP contribution in [0.15, 0.2) is 24.4 Å². The summed E-state index contributed by atoms with van der Waals surface area (Å²) in [5.41, 5.74) is 2.77. The summed E-state index contributed by atoms with van der Waals surface area (Å²) in [6.45, 7) is 3.42. The van der Waals surface area contributed by atoms with Crippen LogP contribution in [0.25, 0.3) is 5.65 Å². The zero-order chi connectivity index (χ0) is 13.9. The lowest BCUT2D eigenvalue weighted by Crippen LogP contribution is -2.39. The van der Waals surface area contributed by atoms with Crippen molar-refractivity contribution in [2.75, 3.05) is 13.2 Å². The summed E-state index contributed by atoms with van der Waals surface area (Å²) in [6, 6.07) is 6.10. The van der Waals surface area contributed by atoms with Crippen molar-refractivity contribution in [3.8, 4) is 0 Å². The van der Waals surface area contributed by atoms with Gasteiger partial charge in [0.2, 0.25) is 5.91 Å². The number of aryl methyl sites for hydroxylation is 1. The van der Waals surface area contributed by atoms with Crippen molar-refractivity contribution in [2.24, 2.45) is 0 Å². The van der Waals surface area contributed by atoms with Gasteiger partial charge < -0.3 is 14.5 Å². The zero-order valence-electron chi connectivity index (χ0n) is 11.6. The Hall–Kier alpha value is -1.88. The number of hydrogen-bond acceptors (Lipinski definition) is 3. The number of hydrogen-bond donors (Lipinski definition) is 1. The van der Waals surface area contributed by atoms with E-state index in [0.717, 1.165) is 43.1 Å². The fraction of sp³-hybridized carbons (Fsp3) is 0.467. The predicted octanol–water partition coefficient (Wildman–Crippen LogP) is 1.48. The summed E-state index contributed by atoms with van der Waals surface area (Å²) in [7, 11) is 0. The van der Waals surface area contributed by atoms with Gasteiger partial charge in [0.05, 0.1) is 17.8 Å². The molecule has 0 aliphatic carbocycles. The number of rotatable bonds is 3. The average Bonchev–Trinajstić information content (AvgIpc) is 2.76. The van der Waals surface area contributed by atoms with Crippen molar-refractivity contribution in [1.29, 1.82) is 0 Å². The molecule has 1 N–H and O–H groups in total.